The molecule has 1 aliphatic carbocycles. The standard InChI is InChI=1S/C35H50O7/c1-7-23(4)31-24(5)11-9-15-34(42-31)19-28-18-27(41-34)14-13-22(3)16-21(2)10-8-12-26-20-39-32-30(36)25(6)17-29(33(37)40-28)35(26,32)38/h8-13,17,21,23-24,27-32,36,38H,7,14-16,18-20H2,1-6H3/b10-8+,22-13+,26-12+/t21-,23?,24-,27?,28?,29-,30?,31?,32?,34?,35+/m0/s1. The quantitative estimate of drug-likeness (QED) is 0.317. The van der Waals surface area contributed by atoms with Crippen molar-refractivity contribution in [3.05, 3.63) is 59.3 Å². The molecule has 7 heteroatoms. The minimum atomic E-state index is -1.70. The Morgan fingerprint density at radius 1 is 1.14 bits per heavy atom. The molecule has 0 saturated carbocycles. The summed E-state index contributed by atoms with van der Waals surface area (Å²) in [6, 6.07) is 0. The van der Waals surface area contributed by atoms with E-state index in [1.807, 2.05) is 12.2 Å². The second-order valence-corrected chi connectivity index (χ2v) is 13.5. The molecule has 0 aromatic rings. The Balaban J connectivity index is 1.52. The lowest BCUT2D eigenvalue weighted by atomic mass is 9.71. The summed E-state index contributed by atoms with van der Waals surface area (Å²) < 4.78 is 25.9. The van der Waals surface area contributed by atoms with Crippen LogP contribution in [0.15, 0.2) is 59.3 Å². The molecule has 0 amide bonds. The van der Waals surface area contributed by atoms with E-state index in [1.54, 1.807) is 13.0 Å². The van der Waals surface area contributed by atoms with Crippen LogP contribution in [0.4, 0.5) is 0 Å². The first-order valence-electron chi connectivity index (χ1n) is 15.9. The summed E-state index contributed by atoms with van der Waals surface area (Å²) in [5.74, 6) is -1.56. The molecular formula is C35H50O7. The first-order chi connectivity index (χ1) is 20.0. The molecule has 2 N–H and O–H groups in total. The number of aliphatic hydroxyl groups excluding tert-OH is 1. The summed E-state index contributed by atoms with van der Waals surface area (Å²) in [5.41, 5.74) is 0.743. The lowest BCUT2D eigenvalue weighted by Gasteiger charge is -2.46. The van der Waals surface area contributed by atoms with Gasteiger partial charge >= 0.3 is 5.97 Å². The van der Waals surface area contributed by atoms with Crippen molar-refractivity contribution in [3.8, 4) is 0 Å². The highest BCUT2D eigenvalue weighted by molar-refractivity contribution is 5.78. The van der Waals surface area contributed by atoms with Gasteiger partial charge in [-0.25, -0.2) is 0 Å². The Labute approximate surface area is 251 Å². The normalized spacial score (nSPS) is 46.8. The van der Waals surface area contributed by atoms with E-state index >= 15 is 0 Å². The number of ether oxygens (including phenoxy) is 4. The molecule has 2 saturated heterocycles. The molecule has 7 nitrogen and oxygen atoms in total. The van der Waals surface area contributed by atoms with Crippen molar-refractivity contribution >= 4 is 5.97 Å². The van der Waals surface area contributed by atoms with Crippen LogP contribution >= 0.6 is 0 Å². The summed E-state index contributed by atoms with van der Waals surface area (Å²) in [4.78, 5) is 14.0. The zero-order chi connectivity index (χ0) is 30.2. The van der Waals surface area contributed by atoms with Crippen LogP contribution < -0.4 is 0 Å². The van der Waals surface area contributed by atoms with Gasteiger partial charge in [-0.15, -0.1) is 0 Å². The first kappa shape index (κ1) is 31.4. The molecule has 5 aliphatic rings. The third-order valence-corrected chi connectivity index (χ3v) is 10.1. The lowest BCUT2D eigenvalue weighted by Crippen LogP contribution is -2.58. The van der Waals surface area contributed by atoms with Gasteiger partial charge in [0.25, 0.3) is 0 Å². The molecule has 4 aliphatic heterocycles. The molecule has 232 valence electrons. The maximum atomic E-state index is 14.0. The number of aliphatic hydroxyl groups is 2. The smallest absolute Gasteiger partial charge is 0.316 e. The van der Waals surface area contributed by atoms with Gasteiger partial charge in [-0.3, -0.25) is 4.79 Å². The minimum absolute atomic E-state index is 0.0122. The van der Waals surface area contributed by atoms with Crippen molar-refractivity contribution in [3.63, 3.8) is 0 Å². The number of fused-ring (bicyclic) bond motifs is 2. The topological polar surface area (TPSA) is 94.5 Å². The van der Waals surface area contributed by atoms with Crippen LogP contribution in [0.25, 0.3) is 0 Å². The second kappa shape index (κ2) is 12.5. The third-order valence-electron chi connectivity index (χ3n) is 10.1. The van der Waals surface area contributed by atoms with Crippen LogP contribution in [0.1, 0.15) is 80.1 Å². The Morgan fingerprint density at radius 2 is 1.93 bits per heavy atom. The SMILES string of the molecule is CCC(C)C1OC2(CC=C[C@@H]1C)CC1CC(C/C=C(\C)C[C@@H](C)/C=C/C=C3\COC4C(O)C(C)=C[C@@H](C(=O)O1)[C@]34O)O2. The summed E-state index contributed by atoms with van der Waals surface area (Å²) in [5, 5.41) is 23.0. The molecular weight excluding hydrogens is 532 g/mol. The maximum absolute atomic E-state index is 14.0. The van der Waals surface area contributed by atoms with E-state index in [1.165, 1.54) is 5.57 Å². The highest BCUT2D eigenvalue weighted by Crippen LogP contribution is 2.47. The van der Waals surface area contributed by atoms with Gasteiger partial charge in [0.2, 0.25) is 0 Å². The van der Waals surface area contributed by atoms with Crippen LogP contribution in [0, 0.1) is 23.7 Å². The van der Waals surface area contributed by atoms with Crippen molar-refractivity contribution in [2.45, 2.75) is 122 Å². The van der Waals surface area contributed by atoms with Crippen LogP contribution in [-0.4, -0.2) is 64.7 Å². The van der Waals surface area contributed by atoms with Crippen LogP contribution in [0.5, 0.6) is 0 Å². The van der Waals surface area contributed by atoms with Crippen molar-refractivity contribution < 1.29 is 34.0 Å². The molecule has 2 fully saturated rings. The van der Waals surface area contributed by atoms with Crippen molar-refractivity contribution in [2.75, 3.05) is 6.61 Å². The van der Waals surface area contributed by atoms with Gasteiger partial charge in [-0.2, -0.15) is 0 Å². The number of carbonyl (C=O) groups excluding carboxylic acids is 1. The van der Waals surface area contributed by atoms with Gasteiger partial charge in [-0.1, -0.05) is 82.2 Å². The van der Waals surface area contributed by atoms with E-state index in [-0.39, 0.29) is 30.7 Å². The molecule has 11 atom stereocenters. The molecule has 5 rings (SSSR count). The van der Waals surface area contributed by atoms with Crippen molar-refractivity contribution in [1.82, 2.24) is 0 Å². The highest BCUT2D eigenvalue weighted by atomic mass is 16.7. The summed E-state index contributed by atoms with van der Waals surface area (Å²) in [7, 11) is 0. The lowest BCUT2D eigenvalue weighted by molar-refractivity contribution is -0.317. The molecule has 42 heavy (non-hydrogen) atoms. The number of rotatable bonds is 2. The van der Waals surface area contributed by atoms with Crippen LogP contribution in [0.2, 0.25) is 0 Å². The third kappa shape index (κ3) is 6.14. The monoisotopic (exact) mass is 582 g/mol. The Hall–Kier alpha value is -2.03. The zero-order valence-electron chi connectivity index (χ0n) is 26.1. The Morgan fingerprint density at radius 3 is 2.69 bits per heavy atom. The predicted molar refractivity (Wildman–Crippen MR) is 161 cm³/mol. The Kier molecular flexibility index (Phi) is 9.36. The van der Waals surface area contributed by atoms with Crippen LogP contribution in [0.3, 0.4) is 0 Å². The number of hydrogen-bond donors (Lipinski definition) is 2. The molecule has 7 unspecified atom stereocenters. The second-order valence-electron chi connectivity index (χ2n) is 13.5. The average Bonchev–Trinajstić information content (AvgIpc) is 3.19. The van der Waals surface area contributed by atoms with Gasteiger partial charge in [0.15, 0.2) is 5.79 Å². The number of esters is 1. The largest absolute Gasteiger partial charge is 0.462 e. The zero-order valence-corrected chi connectivity index (χ0v) is 26.1. The Bertz CT molecular complexity index is 1170. The number of hydrogen-bond acceptors (Lipinski definition) is 7. The maximum Gasteiger partial charge on any atom is 0.316 e. The van der Waals surface area contributed by atoms with Crippen LogP contribution in [-0.2, 0) is 23.7 Å². The van der Waals surface area contributed by atoms with Gasteiger partial charge in [0.05, 0.1) is 18.8 Å². The van der Waals surface area contributed by atoms with E-state index < -0.39 is 41.6 Å². The molecule has 0 radical (unpaired) electrons. The van der Waals surface area contributed by atoms with Crippen molar-refractivity contribution in [1.29, 1.82) is 0 Å². The highest BCUT2D eigenvalue weighted by Gasteiger charge is 2.60. The number of allylic oxidation sites excluding steroid dienone is 4. The van der Waals surface area contributed by atoms with Gasteiger partial charge in [0.1, 0.15) is 29.8 Å². The van der Waals surface area contributed by atoms with E-state index in [2.05, 4.69) is 58.9 Å². The van der Waals surface area contributed by atoms with Crippen molar-refractivity contribution in [2.24, 2.45) is 23.7 Å². The molecule has 4 heterocycles. The van der Waals surface area contributed by atoms with E-state index in [4.69, 9.17) is 18.9 Å². The first-order valence-corrected chi connectivity index (χ1v) is 15.9. The molecule has 1 spiro atoms. The minimum Gasteiger partial charge on any atom is -0.462 e. The molecule has 0 aromatic carbocycles. The fraction of sp³-hybridized carbons (Fsp3) is 0.686. The van der Waals surface area contributed by atoms with E-state index in [0.29, 0.717) is 42.7 Å². The fourth-order valence-electron chi connectivity index (χ4n) is 7.47. The fourth-order valence-corrected chi connectivity index (χ4v) is 7.47. The number of carbonyl (C=O) groups is 1. The molecule has 0 aromatic heterocycles. The summed E-state index contributed by atoms with van der Waals surface area (Å²) >= 11 is 0. The van der Waals surface area contributed by atoms with Gasteiger partial charge in [-0.05, 0) is 49.7 Å². The molecule has 2 bridgehead atoms. The van der Waals surface area contributed by atoms with E-state index in [0.717, 1.165) is 12.8 Å². The summed E-state index contributed by atoms with van der Waals surface area (Å²) in [6.07, 6.45) is 15.7. The van der Waals surface area contributed by atoms with E-state index in [9.17, 15) is 15.0 Å². The van der Waals surface area contributed by atoms with Gasteiger partial charge < -0.3 is 29.2 Å². The average molecular weight is 583 g/mol. The summed E-state index contributed by atoms with van der Waals surface area (Å²) in [6.45, 7) is 12.8. The predicted octanol–water partition coefficient (Wildman–Crippen LogP) is 5.73. The van der Waals surface area contributed by atoms with Gasteiger partial charge in [0, 0.05) is 25.2 Å².